The van der Waals surface area contributed by atoms with Crippen molar-refractivity contribution in [2.45, 2.75) is 31.2 Å². The van der Waals surface area contributed by atoms with Gasteiger partial charge >= 0.3 is 0 Å². The molecular weight excluding hydrogens is 216 g/mol. The van der Waals surface area contributed by atoms with Gasteiger partial charge in [-0.25, -0.2) is 0 Å². The van der Waals surface area contributed by atoms with E-state index in [1.807, 2.05) is 0 Å². The van der Waals surface area contributed by atoms with E-state index in [0.29, 0.717) is 5.92 Å². The molecule has 0 aromatic rings. The molecule has 2 N–H and O–H groups in total. The molecule has 2 saturated heterocycles. The second-order valence-electron chi connectivity index (χ2n) is 5.75. The highest BCUT2D eigenvalue weighted by Gasteiger charge is 2.30. The summed E-state index contributed by atoms with van der Waals surface area (Å²) in [5.74, 6) is 0.692. The van der Waals surface area contributed by atoms with Gasteiger partial charge in [0.2, 0.25) is 0 Å². The van der Waals surface area contributed by atoms with Crippen LogP contribution < -0.4 is 5.73 Å². The fraction of sp³-hybridized carbons (Fsp3) is 1.00. The van der Waals surface area contributed by atoms with Crippen molar-refractivity contribution in [2.24, 2.45) is 11.7 Å². The Kier molecular flexibility index (Phi) is 4.79. The van der Waals surface area contributed by atoms with Gasteiger partial charge in [-0.3, -0.25) is 0 Å². The summed E-state index contributed by atoms with van der Waals surface area (Å²) in [5, 5.41) is 0. The van der Waals surface area contributed by atoms with Gasteiger partial charge in [0.1, 0.15) is 0 Å². The number of hydrogen-bond acceptors (Lipinski definition) is 4. The van der Waals surface area contributed by atoms with Crippen molar-refractivity contribution in [3.05, 3.63) is 0 Å². The van der Waals surface area contributed by atoms with E-state index in [-0.39, 0.29) is 5.54 Å². The van der Waals surface area contributed by atoms with E-state index in [1.54, 1.807) is 0 Å². The molecule has 0 aliphatic carbocycles. The third kappa shape index (κ3) is 4.21. The second kappa shape index (κ2) is 6.14. The van der Waals surface area contributed by atoms with E-state index in [1.165, 1.54) is 12.8 Å². The van der Waals surface area contributed by atoms with Crippen LogP contribution in [-0.4, -0.2) is 57.0 Å². The van der Waals surface area contributed by atoms with Crippen LogP contribution in [0.25, 0.3) is 0 Å². The molecule has 2 rings (SSSR count). The zero-order valence-electron chi connectivity index (χ0n) is 11.0. The molecule has 0 aromatic heterocycles. The Morgan fingerprint density at radius 3 is 2.65 bits per heavy atom. The van der Waals surface area contributed by atoms with Crippen LogP contribution in [0.4, 0.5) is 0 Å². The molecule has 0 aromatic carbocycles. The first kappa shape index (κ1) is 13.3. The zero-order chi connectivity index (χ0) is 12.1. The number of nitrogens with zero attached hydrogens (tertiary/aromatic N) is 1. The molecule has 2 heterocycles. The van der Waals surface area contributed by atoms with E-state index in [2.05, 4.69) is 11.9 Å². The molecule has 17 heavy (non-hydrogen) atoms. The Labute approximate surface area is 104 Å². The Morgan fingerprint density at radius 1 is 1.24 bits per heavy atom. The van der Waals surface area contributed by atoms with Crippen molar-refractivity contribution < 1.29 is 9.47 Å². The minimum atomic E-state index is -0.0392. The topological polar surface area (TPSA) is 47.7 Å². The first-order chi connectivity index (χ1) is 8.18. The minimum Gasteiger partial charge on any atom is -0.381 e. The maximum Gasteiger partial charge on any atom is 0.0506 e. The van der Waals surface area contributed by atoms with Gasteiger partial charge in [-0.15, -0.1) is 0 Å². The van der Waals surface area contributed by atoms with E-state index >= 15 is 0 Å². The molecular formula is C13H26N2O2. The van der Waals surface area contributed by atoms with Crippen molar-refractivity contribution in [3.8, 4) is 0 Å². The number of nitrogens with two attached hydrogens (primary N) is 1. The van der Waals surface area contributed by atoms with E-state index < -0.39 is 0 Å². The molecule has 2 fully saturated rings. The predicted octanol–water partition coefficient (Wildman–Crippen LogP) is 0.853. The Morgan fingerprint density at radius 2 is 2.00 bits per heavy atom. The predicted molar refractivity (Wildman–Crippen MR) is 68.0 cm³/mol. The van der Waals surface area contributed by atoms with Crippen molar-refractivity contribution in [3.63, 3.8) is 0 Å². The van der Waals surface area contributed by atoms with Gasteiger partial charge < -0.3 is 20.1 Å². The van der Waals surface area contributed by atoms with Gasteiger partial charge in [-0.2, -0.15) is 0 Å². The molecule has 4 heteroatoms. The third-order valence-corrected chi connectivity index (χ3v) is 3.90. The SMILES string of the molecule is CN(CC1CCCOC1)CC1(N)CCOCC1. The van der Waals surface area contributed by atoms with Crippen LogP contribution in [0, 0.1) is 5.92 Å². The van der Waals surface area contributed by atoms with Crippen LogP contribution in [0.15, 0.2) is 0 Å². The average molecular weight is 242 g/mol. The number of ether oxygens (including phenoxy) is 2. The zero-order valence-corrected chi connectivity index (χ0v) is 11.0. The highest BCUT2D eigenvalue weighted by atomic mass is 16.5. The summed E-state index contributed by atoms with van der Waals surface area (Å²) in [5.41, 5.74) is 6.37. The third-order valence-electron chi connectivity index (χ3n) is 3.90. The first-order valence-corrected chi connectivity index (χ1v) is 6.81. The van der Waals surface area contributed by atoms with Crippen LogP contribution in [0.1, 0.15) is 25.7 Å². The van der Waals surface area contributed by atoms with Crippen molar-refractivity contribution in [1.29, 1.82) is 0 Å². The average Bonchev–Trinajstić information content (AvgIpc) is 2.30. The van der Waals surface area contributed by atoms with E-state index in [9.17, 15) is 0 Å². The molecule has 100 valence electrons. The minimum absolute atomic E-state index is 0.0392. The molecule has 0 amide bonds. The van der Waals surface area contributed by atoms with Crippen LogP contribution in [0.3, 0.4) is 0 Å². The summed E-state index contributed by atoms with van der Waals surface area (Å²) in [6, 6.07) is 0. The molecule has 1 atom stereocenters. The lowest BCUT2D eigenvalue weighted by molar-refractivity contribution is 0.0221. The molecule has 0 saturated carbocycles. The number of rotatable bonds is 4. The first-order valence-electron chi connectivity index (χ1n) is 6.81. The summed E-state index contributed by atoms with van der Waals surface area (Å²) < 4.78 is 10.9. The quantitative estimate of drug-likeness (QED) is 0.794. The molecule has 4 nitrogen and oxygen atoms in total. The lowest BCUT2D eigenvalue weighted by Crippen LogP contribution is -2.53. The van der Waals surface area contributed by atoms with Gasteiger partial charge in [0.25, 0.3) is 0 Å². The molecule has 0 bridgehead atoms. The standard InChI is InChI=1S/C13H26N2O2/c1-15(9-12-3-2-6-17-10-12)11-13(14)4-7-16-8-5-13/h12H,2-11,14H2,1H3. The van der Waals surface area contributed by atoms with Crippen LogP contribution in [-0.2, 0) is 9.47 Å². The smallest absolute Gasteiger partial charge is 0.0506 e. The Hall–Kier alpha value is -0.160. The van der Waals surface area contributed by atoms with Gasteiger partial charge in [-0.1, -0.05) is 0 Å². The normalized spacial score (nSPS) is 29.5. The van der Waals surface area contributed by atoms with Crippen molar-refractivity contribution in [2.75, 3.05) is 46.6 Å². The summed E-state index contributed by atoms with van der Waals surface area (Å²) in [6.07, 6.45) is 4.47. The monoisotopic (exact) mass is 242 g/mol. The second-order valence-corrected chi connectivity index (χ2v) is 5.75. The fourth-order valence-electron chi connectivity index (χ4n) is 2.93. The molecule has 2 aliphatic heterocycles. The summed E-state index contributed by atoms with van der Waals surface area (Å²) >= 11 is 0. The Balaban J connectivity index is 1.73. The summed E-state index contributed by atoms with van der Waals surface area (Å²) in [6.45, 7) is 5.59. The van der Waals surface area contributed by atoms with E-state index in [4.69, 9.17) is 15.2 Å². The Bertz CT molecular complexity index is 223. The van der Waals surface area contributed by atoms with Gasteiger partial charge in [0.15, 0.2) is 0 Å². The summed E-state index contributed by atoms with van der Waals surface area (Å²) in [7, 11) is 2.18. The van der Waals surface area contributed by atoms with Crippen LogP contribution >= 0.6 is 0 Å². The van der Waals surface area contributed by atoms with Gasteiger partial charge in [0, 0.05) is 38.4 Å². The molecule has 0 spiro atoms. The van der Waals surface area contributed by atoms with Gasteiger partial charge in [-0.05, 0) is 38.6 Å². The highest BCUT2D eigenvalue weighted by Crippen LogP contribution is 2.20. The van der Waals surface area contributed by atoms with Crippen molar-refractivity contribution in [1.82, 2.24) is 4.90 Å². The molecule has 2 aliphatic rings. The maximum absolute atomic E-state index is 6.41. The molecule has 1 unspecified atom stereocenters. The van der Waals surface area contributed by atoms with Crippen LogP contribution in [0.5, 0.6) is 0 Å². The fourth-order valence-corrected chi connectivity index (χ4v) is 2.93. The number of likely N-dealkylation sites (N-methyl/N-ethyl adjacent to an activating group) is 1. The summed E-state index contributed by atoms with van der Waals surface area (Å²) in [4.78, 5) is 2.38. The van der Waals surface area contributed by atoms with E-state index in [0.717, 1.165) is 52.4 Å². The van der Waals surface area contributed by atoms with Crippen LogP contribution in [0.2, 0.25) is 0 Å². The number of hydrogen-bond donors (Lipinski definition) is 1. The lowest BCUT2D eigenvalue weighted by atomic mass is 9.90. The van der Waals surface area contributed by atoms with Crippen molar-refractivity contribution >= 4 is 0 Å². The van der Waals surface area contributed by atoms with Gasteiger partial charge in [0.05, 0.1) is 6.61 Å². The lowest BCUT2D eigenvalue weighted by Gasteiger charge is -2.38. The largest absolute Gasteiger partial charge is 0.381 e. The maximum atomic E-state index is 6.41. The molecule has 0 radical (unpaired) electrons. The highest BCUT2D eigenvalue weighted by molar-refractivity contribution is 4.89.